The van der Waals surface area contributed by atoms with Crippen LogP contribution in [0.25, 0.3) is 0 Å². The molecule has 3 N–H and O–H groups in total. The Labute approximate surface area is 135 Å². The van der Waals surface area contributed by atoms with E-state index in [0.29, 0.717) is 0 Å². The minimum Gasteiger partial charge on any atom is -0.396 e. The number of aryl methyl sites for hydroxylation is 1. The van der Waals surface area contributed by atoms with E-state index in [2.05, 4.69) is 20.7 Å². The van der Waals surface area contributed by atoms with Crippen molar-refractivity contribution in [2.75, 3.05) is 10.5 Å². The van der Waals surface area contributed by atoms with Crippen LogP contribution in [0.15, 0.2) is 39.7 Å². The van der Waals surface area contributed by atoms with Crippen LogP contribution in [0.5, 0.6) is 0 Å². The molecule has 2 rings (SSSR count). The quantitative estimate of drug-likeness (QED) is 0.776. The zero-order chi connectivity index (χ0) is 15.8. The Morgan fingerprint density at radius 3 is 2.52 bits per heavy atom. The van der Waals surface area contributed by atoms with Crippen molar-refractivity contribution in [1.29, 1.82) is 0 Å². The molecular formula is C13H11BrClFN2O2S. The maximum atomic E-state index is 13.5. The normalized spacial score (nSPS) is 11.4. The van der Waals surface area contributed by atoms with Gasteiger partial charge in [0.25, 0.3) is 10.0 Å². The van der Waals surface area contributed by atoms with Gasteiger partial charge in [-0.25, -0.2) is 12.8 Å². The summed E-state index contributed by atoms with van der Waals surface area (Å²) in [5.74, 6) is -0.629. The van der Waals surface area contributed by atoms with Crippen LogP contribution < -0.4 is 10.5 Å². The van der Waals surface area contributed by atoms with Crippen molar-refractivity contribution in [3.05, 3.63) is 51.2 Å². The van der Waals surface area contributed by atoms with Gasteiger partial charge in [0.15, 0.2) is 0 Å². The van der Waals surface area contributed by atoms with Crippen LogP contribution >= 0.6 is 27.5 Å². The van der Waals surface area contributed by atoms with E-state index in [1.54, 1.807) is 12.1 Å². The van der Waals surface area contributed by atoms with Gasteiger partial charge in [-0.05, 0) is 42.8 Å². The first-order chi connectivity index (χ1) is 9.70. The number of hydrogen-bond acceptors (Lipinski definition) is 3. The Kier molecular flexibility index (Phi) is 4.46. The van der Waals surface area contributed by atoms with Crippen molar-refractivity contribution in [3.8, 4) is 0 Å². The van der Waals surface area contributed by atoms with Crippen LogP contribution in [0.4, 0.5) is 15.8 Å². The summed E-state index contributed by atoms with van der Waals surface area (Å²) in [6.07, 6.45) is 0. The predicted molar refractivity (Wildman–Crippen MR) is 85.5 cm³/mol. The lowest BCUT2D eigenvalue weighted by atomic mass is 10.2. The monoisotopic (exact) mass is 392 g/mol. The Hall–Kier alpha value is -1.31. The summed E-state index contributed by atoms with van der Waals surface area (Å²) in [6, 6.07) is 7.00. The molecule has 0 atom stereocenters. The van der Waals surface area contributed by atoms with Gasteiger partial charge in [-0.2, -0.15) is 0 Å². The predicted octanol–water partition coefficient (Wildman–Crippen LogP) is 3.93. The summed E-state index contributed by atoms with van der Waals surface area (Å²) < 4.78 is 41.1. The molecule has 0 saturated heterocycles. The second-order valence-electron chi connectivity index (χ2n) is 4.37. The second-order valence-corrected chi connectivity index (χ2v) is 7.38. The number of nitrogens with two attached hydrogens (primary N) is 1. The van der Waals surface area contributed by atoms with Crippen LogP contribution in [-0.4, -0.2) is 8.42 Å². The summed E-state index contributed by atoms with van der Waals surface area (Å²) in [5.41, 5.74) is 5.61. The van der Waals surface area contributed by atoms with E-state index in [1.807, 2.05) is 0 Å². The van der Waals surface area contributed by atoms with Crippen LogP contribution in [0, 0.1) is 12.7 Å². The van der Waals surface area contributed by atoms with E-state index in [1.165, 1.54) is 19.1 Å². The van der Waals surface area contributed by atoms with E-state index in [4.69, 9.17) is 17.3 Å². The topological polar surface area (TPSA) is 72.2 Å². The van der Waals surface area contributed by atoms with Crippen molar-refractivity contribution < 1.29 is 12.8 Å². The lowest BCUT2D eigenvalue weighted by Crippen LogP contribution is -2.14. The van der Waals surface area contributed by atoms with Crippen molar-refractivity contribution in [2.24, 2.45) is 0 Å². The smallest absolute Gasteiger partial charge is 0.262 e. The highest BCUT2D eigenvalue weighted by Crippen LogP contribution is 2.29. The summed E-state index contributed by atoms with van der Waals surface area (Å²) >= 11 is 9.20. The number of hydrogen-bond donors (Lipinski definition) is 2. The molecule has 2 aromatic carbocycles. The third kappa shape index (κ3) is 3.48. The maximum Gasteiger partial charge on any atom is 0.262 e. The fourth-order valence-corrected chi connectivity index (χ4v) is 3.67. The van der Waals surface area contributed by atoms with E-state index >= 15 is 0 Å². The number of nitrogen functional groups attached to an aromatic ring is 1. The zero-order valence-corrected chi connectivity index (χ0v) is 14.0. The van der Waals surface area contributed by atoms with Gasteiger partial charge in [0.05, 0.1) is 21.3 Å². The molecule has 2 aromatic rings. The highest BCUT2D eigenvalue weighted by atomic mass is 79.9. The Morgan fingerprint density at radius 2 is 1.95 bits per heavy atom. The standard InChI is InChI=1S/C13H11BrClFN2O2S/c1-7-4-9(6-11(17)13(7)16)21(19,20)18-12-3-2-8(14)5-10(12)15/h2-6,18H,17H2,1H3. The molecule has 4 nitrogen and oxygen atoms in total. The zero-order valence-electron chi connectivity index (χ0n) is 10.8. The minimum atomic E-state index is -3.91. The van der Waals surface area contributed by atoms with Crippen LogP contribution in [0.1, 0.15) is 5.56 Å². The summed E-state index contributed by atoms with van der Waals surface area (Å²) in [5, 5.41) is 0.236. The Bertz CT molecular complexity index is 789. The number of sulfonamides is 1. The molecule has 8 heteroatoms. The average molecular weight is 394 g/mol. The van der Waals surface area contributed by atoms with E-state index in [-0.39, 0.29) is 26.9 Å². The number of benzene rings is 2. The fourth-order valence-electron chi connectivity index (χ4n) is 1.69. The summed E-state index contributed by atoms with van der Waals surface area (Å²) in [7, 11) is -3.91. The van der Waals surface area contributed by atoms with Gasteiger partial charge in [-0.15, -0.1) is 0 Å². The van der Waals surface area contributed by atoms with Crippen molar-refractivity contribution in [2.45, 2.75) is 11.8 Å². The van der Waals surface area contributed by atoms with Crippen LogP contribution in [0.3, 0.4) is 0 Å². The SMILES string of the molecule is Cc1cc(S(=O)(=O)Nc2ccc(Br)cc2Cl)cc(N)c1F. The largest absolute Gasteiger partial charge is 0.396 e. The first kappa shape index (κ1) is 16.1. The van der Waals surface area contributed by atoms with Gasteiger partial charge in [0.2, 0.25) is 0 Å². The van der Waals surface area contributed by atoms with Gasteiger partial charge < -0.3 is 5.73 Å². The highest BCUT2D eigenvalue weighted by Gasteiger charge is 2.18. The molecule has 0 amide bonds. The van der Waals surface area contributed by atoms with E-state index < -0.39 is 15.8 Å². The van der Waals surface area contributed by atoms with Gasteiger partial charge in [0.1, 0.15) is 5.82 Å². The fraction of sp³-hybridized carbons (Fsp3) is 0.0769. The molecule has 0 bridgehead atoms. The van der Waals surface area contributed by atoms with Crippen molar-refractivity contribution >= 4 is 48.9 Å². The van der Waals surface area contributed by atoms with Gasteiger partial charge in [-0.1, -0.05) is 27.5 Å². The van der Waals surface area contributed by atoms with Crippen molar-refractivity contribution in [3.63, 3.8) is 0 Å². The molecule has 0 aliphatic rings. The molecule has 21 heavy (non-hydrogen) atoms. The van der Waals surface area contributed by atoms with Gasteiger partial charge in [-0.3, -0.25) is 4.72 Å². The molecule has 0 unspecified atom stereocenters. The lowest BCUT2D eigenvalue weighted by molar-refractivity contribution is 0.599. The maximum absolute atomic E-state index is 13.5. The summed E-state index contributed by atoms with van der Waals surface area (Å²) in [4.78, 5) is -0.127. The van der Waals surface area contributed by atoms with E-state index in [0.717, 1.165) is 10.5 Å². The molecule has 0 fully saturated rings. The number of nitrogens with one attached hydrogen (secondary N) is 1. The van der Waals surface area contributed by atoms with Crippen LogP contribution in [-0.2, 0) is 10.0 Å². The lowest BCUT2D eigenvalue weighted by Gasteiger charge is -2.11. The third-order valence-electron chi connectivity index (χ3n) is 2.74. The Balaban J connectivity index is 2.43. The molecule has 112 valence electrons. The molecular weight excluding hydrogens is 383 g/mol. The molecule has 0 radical (unpaired) electrons. The first-order valence-corrected chi connectivity index (χ1v) is 8.39. The Morgan fingerprint density at radius 1 is 1.29 bits per heavy atom. The second kappa shape index (κ2) is 5.82. The number of rotatable bonds is 3. The number of halogens is 3. The molecule has 0 saturated carbocycles. The van der Waals surface area contributed by atoms with Gasteiger partial charge in [0, 0.05) is 4.47 Å². The molecule has 0 aromatic heterocycles. The molecule has 0 heterocycles. The highest BCUT2D eigenvalue weighted by molar-refractivity contribution is 9.10. The number of anilines is 2. The summed E-state index contributed by atoms with van der Waals surface area (Å²) in [6.45, 7) is 1.44. The van der Waals surface area contributed by atoms with E-state index in [9.17, 15) is 12.8 Å². The molecule has 0 aliphatic heterocycles. The average Bonchev–Trinajstić information content (AvgIpc) is 2.38. The third-order valence-corrected chi connectivity index (χ3v) is 4.89. The van der Waals surface area contributed by atoms with Crippen molar-refractivity contribution in [1.82, 2.24) is 0 Å². The first-order valence-electron chi connectivity index (χ1n) is 5.74. The molecule has 0 spiro atoms. The minimum absolute atomic E-state index is 0.127. The molecule has 0 aliphatic carbocycles. The van der Waals surface area contributed by atoms with Crippen LogP contribution in [0.2, 0.25) is 5.02 Å². The van der Waals surface area contributed by atoms with Gasteiger partial charge >= 0.3 is 0 Å².